The molecule has 0 saturated heterocycles. The molecule has 0 aliphatic rings. The van der Waals surface area contributed by atoms with Gasteiger partial charge in [-0.2, -0.15) is 13.2 Å². The second kappa shape index (κ2) is 11.6. The fourth-order valence-corrected chi connectivity index (χ4v) is 1.98. The van der Waals surface area contributed by atoms with Gasteiger partial charge in [-0.1, -0.05) is 0 Å². The largest absolute Gasteiger partial charge is 0.492 e. The zero-order chi connectivity index (χ0) is 18.5. The molecule has 0 bridgehead atoms. The quantitative estimate of drug-likeness (QED) is 0.382. The van der Waals surface area contributed by atoms with Crippen LogP contribution >= 0.6 is 0 Å². The van der Waals surface area contributed by atoms with Crippen molar-refractivity contribution in [3.05, 3.63) is 29.8 Å². The van der Waals surface area contributed by atoms with Crippen LogP contribution in [0.5, 0.6) is 5.75 Å². The summed E-state index contributed by atoms with van der Waals surface area (Å²) in [5, 5.41) is 6.25. The molecule has 0 radical (unpaired) electrons. The molecule has 1 rings (SSSR count). The molecule has 0 unspecified atom stereocenters. The predicted molar refractivity (Wildman–Crippen MR) is 92.0 cm³/mol. The molecule has 1 aromatic carbocycles. The Hall–Kier alpha value is -1.96. The summed E-state index contributed by atoms with van der Waals surface area (Å²) < 4.78 is 48.1. The highest BCUT2D eigenvalue weighted by atomic mass is 19.4. The summed E-state index contributed by atoms with van der Waals surface area (Å²) >= 11 is 0. The molecule has 0 aliphatic heterocycles. The summed E-state index contributed by atoms with van der Waals surface area (Å²) in [6.45, 7) is 5.04. The lowest BCUT2D eigenvalue weighted by atomic mass is 10.2. The van der Waals surface area contributed by atoms with Crippen LogP contribution in [0.1, 0.15) is 25.3 Å². The van der Waals surface area contributed by atoms with Gasteiger partial charge in [0.25, 0.3) is 0 Å². The van der Waals surface area contributed by atoms with Crippen LogP contribution in [-0.2, 0) is 10.9 Å². The smallest absolute Gasteiger partial charge is 0.416 e. The number of nitrogens with one attached hydrogen (secondary N) is 2. The zero-order valence-electron chi connectivity index (χ0n) is 14.7. The summed E-state index contributed by atoms with van der Waals surface area (Å²) in [5.41, 5.74) is -0.688. The summed E-state index contributed by atoms with van der Waals surface area (Å²) in [7, 11) is 1.67. The second-order valence-electron chi connectivity index (χ2n) is 5.20. The van der Waals surface area contributed by atoms with Gasteiger partial charge in [0.1, 0.15) is 12.4 Å². The molecule has 0 atom stereocenters. The van der Waals surface area contributed by atoms with E-state index in [4.69, 9.17) is 9.47 Å². The maximum atomic E-state index is 12.5. The lowest BCUT2D eigenvalue weighted by Crippen LogP contribution is -2.39. The number of alkyl halides is 3. The molecule has 8 heteroatoms. The molecule has 25 heavy (non-hydrogen) atoms. The average molecular weight is 361 g/mol. The first kappa shape index (κ1) is 21.1. The first-order valence-electron chi connectivity index (χ1n) is 8.29. The van der Waals surface area contributed by atoms with Crippen molar-refractivity contribution in [3.8, 4) is 5.75 Å². The van der Waals surface area contributed by atoms with Crippen molar-refractivity contribution in [2.75, 3.05) is 40.0 Å². The van der Waals surface area contributed by atoms with E-state index in [1.807, 2.05) is 6.92 Å². The van der Waals surface area contributed by atoms with Crippen LogP contribution in [0.25, 0.3) is 0 Å². The van der Waals surface area contributed by atoms with Gasteiger partial charge in [0.05, 0.1) is 12.1 Å². The van der Waals surface area contributed by atoms with Crippen LogP contribution in [0, 0.1) is 0 Å². The summed E-state index contributed by atoms with van der Waals surface area (Å²) in [6, 6.07) is 4.64. The number of nitrogens with zero attached hydrogens (tertiary/aromatic N) is 1. The molecular formula is C17H26F3N3O2. The van der Waals surface area contributed by atoms with Gasteiger partial charge in [0.2, 0.25) is 0 Å². The average Bonchev–Trinajstić information content (AvgIpc) is 2.59. The van der Waals surface area contributed by atoms with Crippen LogP contribution in [0.4, 0.5) is 13.2 Å². The van der Waals surface area contributed by atoms with E-state index >= 15 is 0 Å². The van der Waals surface area contributed by atoms with Crippen molar-refractivity contribution in [3.63, 3.8) is 0 Å². The maximum absolute atomic E-state index is 12.5. The molecule has 0 saturated carbocycles. The van der Waals surface area contributed by atoms with E-state index in [2.05, 4.69) is 15.6 Å². The first-order chi connectivity index (χ1) is 12.0. The van der Waals surface area contributed by atoms with Crippen molar-refractivity contribution in [2.24, 2.45) is 4.99 Å². The molecular weight excluding hydrogens is 335 g/mol. The van der Waals surface area contributed by atoms with E-state index in [0.29, 0.717) is 24.9 Å². The third-order valence-corrected chi connectivity index (χ3v) is 3.28. The minimum absolute atomic E-state index is 0.316. The Labute approximate surface area is 146 Å². The van der Waals surface area contributed by atoms with Crippen molar-refractivity contribution >= 4 is 5.96 Å². The molecule has 0 heterocycles. The van der Waals surface area contributed by atoms with E-state index in [-0.39, 0.29) is 0 Å². The van der Waals surface area contributed by atoms with Gasteiger partial charge in [0, 0.05) is 26.8 Å². The highest BCUT2D eigenvalue weighted by Gasteiger charge is 2.29. The van der Waals surface area contributed by atoms with Crippen LogP contribution in [0.15, 0.2) is 29.3 Å². The Bertz CT molecular complexity index is 505. The fraction of sp³-hybridized carbons (Fsp3) is 0.588. The van der Waals surface area contributed by atoms with Crippen molar-refractivity contribution in [1.82, 2.24) is 10.6 Å². The van der Waals surface area contributed by atoms with Gasteiger partial charge in [-0.05, 0) is 44.0 Å². The number of halogens is 3. The van der Waals surface area contributed by atoms with Crippen LogP contribution in [0.2, 0.25) is 0 Å². The van der Waals surface area contributed by atoms with Crippen molar-refractivity contribution < 1.29 is 22.6 Å². The molecule has 1 aromatic rings. The minimum atomic E-state index is -4.33. The lowest BCUT2D eigenvalue weighted by Gasteiger charge is -2.13. The molecule has 5 nitrogen and oxygen atoms in total. The summed E-state index contributed by atoms with van der Waals surface area (Å²) in [4.78, 5) is 4.09. The third-order valence-electron chi connectivity index (χ3n) is 3.28. The SMILES string of the molecule is CCOCCCCNC(=NC)NCCOc1ccc(C(F)(F)F)cc1. The van der Waals surface area contributed by atoms with Crippen LogP contribution in [0.3, 0.4) is 0 Å². The van der Waals surface area contributed by atoms with Gasteiger partial charge in [-0.15, -0.1) is 0 Å². The molecule has 0 amide bonds. The van der Waals surface area contributed by atoms with E-state index in [9.17, 15) is 13.2 Å². The number of unbranched alkanes of at least 4 members (excludes halogenated alkanes) is 1. The molecule has 142 valence electrons. The predicted octanol–water partition coefficient (Wildman–Crippen LogP) is 3.07. The summed E-state index contributed by atoms with van der Waals surface area (Å²) in [6.07, 6.45) is -2.38. The van der Waals surface area contributed by atoms with Gasteiger partial charge in [0.15, 0.2) is 5.96 Å². The molecule has 0 spiro atoms. The lowest BCUT2D eigenvalue weighted by molar-refractivity contribution is -0.137. The molecule has 0 aromatic heterocycles. The third kappa shape index (κ3) is 9.19. The summed E-state index contributed by atoms with van der Waals surface area (Å²) in [5.74, 6) is 1.06. The number of rotatable bonds is 10. The fourth-order valence-electron chi connectivity index (χ4n) is 1.98. The standard InChI is InChI=1S/C17H26F3N3O2/c1-3-24-12-5-4-10-22-16(21-2)23-11-13-25-15-8-6-14(7-9-15)17(18,19)20/h6-9H,3-5,10-13H2,1-2H3,(H2,21,22,23). The van der Waals surface area contributed by atoms with E-state index in [1.165, 1.54) is 12.1 Å². The van der Waals surface area contributed by atoms with E-state index < -0.39 is 11.7 Å². The number of hydrogen-bond acceptors (Lipinski definition) is 3. The van der Waals surface area contributed by atoms with Gasteiger partial charge < -0.3 is 20.1 Å². The number of hydrogen-bond donors (Lipinski definition) is 2. The number of guanidine groups is 1. The molecule has 2 N–H and O–H groups in total. The first-order valence-corrected chi connectivity index (χ1v) is 8.29. The number of benzene rings is 1. The van der Waals surface area contributed by atoms with E-state index in [0.717, 1.165) is 44.7 Å². The van der Waals surface area contributed by atoms with Crippen LogP contribution < -0.4 is 15.4 Å². The van der Waals surface area contributed by atoms with Crippen LogP contribution in [-0.4, -0.2) is 45.9 Å². The Morgan fingerprint density at radius 3 is 2.32 bits per heavy atom. The van der Waals surface area contributed by atoms with Gasteiger partial charge >= 0.3 is 6.18 Å². The number of ether oxygens (including phenoxy) is 2. The topological polar surface area (TPSA) is 54.9 Å². The number of aliphatic imine (C=N–C) groups is 1. The Kier molecular flexibility index (Phi) is 9.76. The Morgan fingerprint density at radius 2 is 1.72 bits per heavy atom. The highest BCUT2D eigenvalue weighted by molar-refractivity contribution is 5.79. The minimum Gasteiger partial charge on any atom is -0.492 e. The van der Waals surface area contributed by atoms with Crippen molar-refractivity contribution in [1.29, 1.82) is 0 Å². The Balaban J connectivity index is 2.18. The Morgan fingerprint density at radius 1 is 1.04 bits per heavy atom. The zero-order valence-corrected chi connectivity index (χ0v) is 14.7. The monoisotopic (exact) mass is 361 g/mol. The van der Waals surface area contributed by atoms with Gasteiger partial charge in [-0.25, -0.2) is 0 Å². The molecule has 0 fully saturated rings. The van der Waals surface area contributed by atoms with Crippen molar-refractivity contribution in [2.45, 2.75) is 25.9 Å². The highest BCUT2D eigenvalue weighted by Crippen LogP contribution is 2.30. The normalized spacial score (nSPS) is 12.1. The molecule has 0 aliphatic carbocycles. The second-order valence-corrected chi connectivity index (χ2v) is 5.20. The van der Waals surface area contributed by atoms with Gasteiger partial charge in [-0.3, -0.25) is 4.99 Å². The van der Waals surface area contributed by atoms with E-state index in [1.54, 1.807) is 7.05 Å². The maximum Gasteiger partial charge on any atom is 0.416 e.